The van der Waals surface area contributed by atoms with Crippen LogP contribution in [-0.4, -0.2) is 45.3 Å². The molecule has 1 saturated heterocycles. The van der Waals surface area contributed by atoms with Gasteiger partial charge in [-0.15, -0.1) is 12.4 Å². The summed E-state index contributed by atoms with van der Waals surface area (Å²) in [5.74, 6) is -0.309. The second-order valence-corrected chi connectivity index (χ2v) is 6.75. The molecular weight excluding hydrogens is 278 g/mol. The lowest BCUT2D eigenvalue weighted by Gasteiger charge is -2.24. The number of amides is 1. The monoisotopic (exact) mass is 299 g/mol. The Bertz CT molecular complexity index is 378. The van der Waals surface area contributed by atoms with Crippen LogP contribution in [0.4, 0.5) is 0 Å². The van der Waals surface area contributed by atoms with Crippen molar-refractivity contribution in [3.63, 3.8) is 0 Å². The number of halogens is 1. The molecule has 1 atom stereocenters. The molecule has 1 unspecified atom stereocenters. The van der Waals surface area contributed by atoms with E-state index in [-0.39, 0.29) is 18.3 Å². The molecule has 1 heterocycles. The van der Waals surface area contributed by atoms with E-state index in [1.807, 2.05) is 0 Å². The average molecular weight is 300 g/mol. The van der Waals surface area contributed by atoms with Crippen LogP contribution in [0.25, 0.3) is 0 Å². The summed E-state index contributed by atoms with van der Waals surface area (Å²) < 4.78 is 24.5. The molecule has 1 amide bonds. The van der Waals surface area contributed by atoms with Crippen LogP contribution in [0.2, 0.25) is 0 Å². The summed E-state index contributed by atoms with van der Waals surface area (Å²) in [7, 11) is -3.39. The minimum absolute atomic E-state index is 0. The van der Waals surface area contributed by atoms with Gasteiger partial charge in [0.2, 0.25) is 15.9 Å². The third-order valence-electron chi connectivity index (χ3n) is 2.68. The Morgan fingerprint density at radius 1 is 1.44 bits per heavy atom. The highest BCUT2D eigenvalue weighted by Crippen LogP contribution is 2.06. The van der Waals surface area contributed by atoms with Gasteiger partial charge in [-0.3, -0.25) is 4.79 Å². The van der Waals surface area contributed by atoms with Crippen molar-refractivity contribution in [1.29, 1.82) is 0 Å². The lowest BCUT2D eigenvalue weighted by Crippen LogP contribution is -2.55. The first-order chi connectivity index (χ1) is 7.71. The largest absolute Gasteiger partial charge is 0.353 e. The molecule has 0 radical (unpaired) electrons. The molecule has 1 aliphatic heterocycles. The maximum absolute atomic E-state index is 11.8. The van der Waals surface area contributed by atoms with E-state index in [0.717, 1.165) is 25.6 Å². The first kappa shape index (κ1) is 17.6. The average Bonchev–Trinajstić information content (AvgIpc) is 2.62. The number of carbonyl (C=O) groups is 1. The maximum Gasteiger partial charge on any atom is 0.240 e. The molecule has 0 spiro atoms. The molecule has 1 rings (SSSR count). The number of hydrogen-bond acceptors (Lipinski definition) is 4. The lowest BCUT2D eigenvalue weighted by atomic mass is 10.1. The molecule has 0 aromatic rings. The van der Waals surface area contributed by atoms with Gasteiger partial charge in [0.15, 0.2) is 0 Å². The molecule has 1 fully saturated rings. The van der Waals surface area contributed by atoms with E-state index in [4.69, 9.17) is 0 Å². The molecule has 3 N–H and O–H groups in total. The number of sulfonamides is 1. The van der Waals surface area contributed by atoms with Crippen LogP contribution >= 0.6 is 12.4 Å². The van der Waals surface area contributed by atoms with Crippen LogP contribution in [-0.2, 0) is 14.8 Å². The summed E-state index contributed by atoms with van der Waals surface area (Å²) in [6, 6.07) is 0.299. The van der Waals surface area contributed by atoms with Crippen molar-refractivity contribution in [2.45, 2.75) is 38.3 Å². The van der Waals surface area contributed by atoms with Gasteiger partial charge in [0.1, 0.15) is 5.54 Å². The number of nitrogens with one attached hydrogen (secondary N) is 3. The van der Waals surface area contributed by atoms with Gasteiger partial charge < -0.3 is 10.6 Å². The Balaban J connectivity index is 0.00000289. The summed E-state index contributed by atoms with van der Waals surface area (Å²) in [6.45, 7) is 4.61. The Morgan fingerprint density at radius 2 is 2.06 bits per heavy atom. The highest BCUT2D eigenvalue weighted by atomic mass is 35.5. The Hall–Kier alpha value is -0.370. The summed E-state index contributed by atoms with van der Waals surface area (Å²) in [5.41, 5.74) is -1.12. The van der Waals surface area contributed by atoms with Crippen LogP contribution in [0.3, 0.4) is 0 Å². The predicted molar refractivity (Wildman–Crippen MR) is 73.3 cm³/mol. The topological polar surface area (TPSA) is 87.3 Å². The highest BCUT2D eigenvalue weighted by molar-refractivity contribution is 7.88. The van der Waals surface area contributed by atoms with Crippen molar-refractivity contribution in [3.8, 4) is 0 Å². The minimum atomic E-state index is -3.39. The van der Waals surface area contributed by atoms with Crippen molar-refractivity contribution >= 4 is 28.3 Å². The third kappa shape index (κ3) is 5.99. The van der Waals surface area contributed by atoms with Crippen LogP contribution in [0, 0.1) is 0 Å². The van der Waals surface area contributed by atoms with Crippen molar-refractivity contribution in [2.75, 3.05) is 19.3 Å². The normalized spacial score (nSPS) is 20.3. The van der Waals surface area contributed by atoms with E-state index in [2.05, 4.69) is 15.4 Å². The quantitative estimate of drug-likeness (QED) is 0.645. The summed E-state index contributed by atoms with van der Waals surface area (Å²) in [4.78, 5) is 11.8. The second kappa shape index (κ2) is 6.70. The number of hydrogen-bond donors (Lipinski definition) is 3. The van der Waals surface area contributed by atoms with Crippen molar-refractivity contribution in [1.82, 2.24) is 15.4 Å². The first-order valence-electron chi connectivity index (χ1n) is 5.71. The highest BCUT2D eigenvalue weighted by Gasteiger charge is 2.31. The molecule has 1 aliphatic rings. The molecular formula is C10H22ClN3O3S. The zero-order valence-corrected chi connectivity index (χ0v) is 12.6. The van der Waals surface area contributed by atoms with E-state index in [1.54, 1.807) is 13.8 Å². The zero-order valence-electron chi connectivity index (χ0n) is 10.9. The van der Waals surface area contributed by atoms with Crippen LogP contribution < -0.4 is 15.4 Å². The molecule has 0 saturated carbocycles. The molecule has 0 bridgehead atoms. The summed E-state index contributed by atoms with van der Waals surface area (Å²) in [5, 5.41) is 6.02. The fourth-order valence-corrected chi connectivity index (χ4v) is 2.90. The standard InChI is InChI=1S/C10H21N3O3S.ClH/c1-10(2,13-17(3,15)16)9(14)12-7-8-5-4-6-11-8;/h8,11,13H,4-7H2,1-3H3,(H,12,14);1H. The summed E-state index contributed by atoms with van der Waals surface area (Å²) in [6.07, 6.45) is 3.20. The molecule has 0 aromatic carbocycles. The smallest absolute Gasteiger partial charge is 0.240 e. The van der Waals surface area contributed by atoms with Crippen LogP contribution in [0.1, 0.15) is 26.7 Å². The van der Waals surface area contributed by atoms with Crippen molar-refractivity contribution in [2.24, 2.45) is 0 Å². The van der Waals surface area contributed by atoms with Gasteiger partial charge in [-0.25, -0.2) is 13.1 Å². The summed E-state index contributed by atoms with van der Waals surface area (Å²) >= 11 is 0. The van der Waals surface area contributed by atoms with Crippen molar-refractivity contribution < 1.29 is 13.2 Å². The fraction of sp³-hybridized carbons (Fsp3) is 0.900. The first-order valence-corrected chi connectivity index (χ1v) is 7.60. The number of carbonyl (C=O) groups excluding carboxylic acids is 1. The fourth-order valence-electron chi connectivity index (χ4n) is 1.88. The predicted octanol–water partition coefficient (Wildman–Crippen LogP) is -0.396. The van der Waals surface area contributed by atoms with Gasteiger partial charge in [-0.1, -0.05) is 0 Å². The van der Waals surface area contributed by atoms with Gasteiger partial charge in [0.05, 0.1) is 6.26 Å². The third-order valence-corrected chi connectivity index (χ3v) is 3.56. The van der Waals surface area contributed by atoms with E-state index >= 15 is 0 Å². The van der Waals surface area contributed by atoms with Gasteiger partial charge in [0.25, 0.3) is 0 Å². The molecule has 6 nitrogen and oxygen atoms in total. The molecule has 0 aromatic heterocycles. The van der Waals surface area contributed by atoms with Crippen LogP contribution in [0.5, 0.6) is 0 Å². The van der Waals surface area contributed by atoms with E-state index in [0.29, 0.717) is 12.6 Å². The van der Waals surface area contributed by atoms with Crippen LogP contribution in [0.15, 0.2) is 0 Å². The van der Waals surface area contributed by atoms with Gasteiger partial charge in [-0.05, 0) is 33.2 Å². The van der Waals surface area contributed by atoms with E-state index in [1.165, 1.54) is 0 Å². The molecule has 0 aliphatic carbocycles. The van der Waals surface area contributed by atoms with E-state index < -0.39 is 15.6 Å². The second-order valence-electron chi connectivity index (χ2n) is 5.00. The van der Waals surface area contributed by atoms with Gasteiger partial charge in [-0.2, -0.15) is 0 Å². The maximum atomic E-state index is 11.8. The SMILES string of the molecule is CC(C)(NS(C)(=O)=O)C(=O)NCC1CCCN1.Cl. The van der Waals surface area contributed by atoms with E-state index in [9.17, 15) is 13.2 Å². The Morgan fingerprint density at radius 3 is 2.50 bits per heavy atom. The Labute approximate surface area is 115 Å². The van der Waals surface area contributed by atoms with Gasteiger partial charge in [0, 0.05) is 12.6 Å². The van der Waals surface area contributed by atoms with Gasteiger partial charge >= 0.3 is 0 Å². The minimum Gasteiger partial charge on any atom is -0.353 e. The number of rotatable bonds is 5. The molecule has 8 heteroatoms. The lowest BCUT2D eigenvalue weighted by molar-refractivity contribution is -0.125. The Kier molecular flexibility index (Phi) is 6.56. The zero-order chi connectivity index (χ0) is 13.1. The molecule has 18 heavy (non-hydrogen) atoms. The van der Waals surface area contributed by atoms with Crippen molar-refractivity contribution in [3.05, 3.63) is 0 Å². The molecule has 108 valence electrons.